The molecule has 1 aliphatic rings. The van der Waals surface area contributed by atoms with Crippen LogP contribution in [0.4, 0.5) is 0 Å². The van der Waals surface area contributed by atoms with Crippen LogP contribution in [0.2, 0.25) is 0 Å². The van der Waals surface area contributed by atoms with Crippen LogP contribution in [0.1, 0.15) is 25.7 Å². The zero-order valence-electron chi connectivity index (χ0n) is 5.77. The van der Waals surface area contributed by atoms with Crippen LogP contribution >= 0.6 is 0 Å². The van der Waals surface area contributed by atoms with E-state index in [-0.39, 0.29) is 0 Å². The van der Waals surface area contributed by atoms with Gasteiger partial charge in [0.25, 0.3) is 0 Å². The van der Waals surface area contributed by atoms with E-state index in [0.717, 1.165) is 6.42 Å². The van der Waals surface area contributed by atoms with Gasteiger partial charge in [-0.25, -0.2) is 0 Å². The average Bonchev–Trinajstić information content (AvgIpc) is 2.18. The third-order valence-corrected chi connectivity index (χ3v) is 2.11. The minimum absolute atomic E-state index is 0.323. The summed E-state index contributed by atoms with van der Waals surface area (Å²) in [6, 6.07) is 0. The summed E-state index contributed by atoms with van der Waals surface area (Å²) in [6.07, 6.45) is 4.65. The number of aliphatic hydroxyl groups is 1. The highest BCUT2D eigenvalue weighted by molar-refractivity contribution is 5.05. The molecule has 0 aromatic rings. The quantitative estimate of drug-likeness (QED) is 0.558. The summed E-state index contributed by atoms with van der Waals surface area (Å²) in [4.78, 5) is 0. The standard InChI is InChI=1S/C8H14O/c1-7-3-2-4-8(7)5-6-9/h8-9H,1-6H2. The second-order valence-corrected chi connectivity index (χ2v) is 2.76. The molecule has 1 rings (SSSR count). The van der Waals surface area contributed by atoms with Crippen LogP contribution in [0.15, 0.2) is 12.2 Å². The molecule has 1 atom stereocenters. The lowest BCUT2D eigenvalue weighted by Gasteiger charge is -2.06. The minimum Gasteiger partial charge on any atom is -0.396 e. The molecular weight excluding hydrogens is 112 g/mol. The van der Waals surface area contributed by atoms with Crippen LogP contribution in [0.5, 0.6) is 0 Å². The van der Waals surface area contributed by atoms with Crippen LogP contribution in [-0.2, 0) is 0 Å². The van der Waals surface area contributed by atoms with Gasteiger partial charge in [0.1, 0.15) is 0 Å². The van der Waals surface area contributed by atoms with E-state index in [1.54, 1.807) is 0 Å². The van der Waals surface area contributed by atoms with Gasteiger partial charge in [-0.15, -0.1) is 0 Å². The Bertz CT molecular complexity index is 107. The van der Waals surface area contributed by atoms with E-state index in [1.165, 1.54) is 24.8 Å². The molecule has 0 amide bonds. The first-order valence-electron chi connectivity index (χ1n) is 3.63. The molecule has 0 bridgehead atoms. The number of allylic oxidation sites excluding steroid dienone is 1. The molecule has 1 nitrogen and oxygen atoms in total. The maximum Gasteiger partial charge on any atom is 0.0436 e. The van der Waals surface area contributed by atoms with Crippen LogP contribution in [-0.4, -0.2) is 11.7 Å². The Balaban J connectivity index is 2.31. The molecule has 1 heteroatoms. The normalized spacial score (nSPS) is 27.2. The number of rotatable bonds is 2. The van der Waals surface area contributed by atoms with Gasteiger partial charge in [-0.3, -0.25) is 0 Å². The molecule has 1 unspecified atom stereocenters. The third kappa shape index (κ3) is 1.55. The van der Waals surface area contributed by atoms with E-state index in [0.29, 0.717) is 12.5 Å². The van der Waals surface area contributed by atoms with Crippen LogP contribution in [0, 0.1) is 5.92 Å². The zero-order valence-corrected chi connectivity index (χ0v) is 5.77. The SMILES string of the molecule is C=C1CCCC1CCO. The van der Waals surface area contributed by atoms with Gasteiger partial charge in [0.05, 0.1) is 0 Å². The Morgan fingerprint density at radius 3 is 2.89 bits per heavy atom. The maximum atomic E-state index is 8.60. The van der Waals surface area contributed by atoms with Crippen molar-refractivity contribution >= 4 is 0 Å². The first-order valence-corrected chi connectivity index (χ1v) is 3.63. The van der Waals surface area contributed by atoms with Gasteiger partial charge in [0.2, 0.25) is 0 Å². The average molecular weight is 126 g/mol. The summed E-state index contributed by atoms with van der Waals surface area (Å²) < 4.78 is 0. The fourth-order valence-corrected chi connectivity index (χ4v) is 1.49. The van der Waals surface area contributed by atoms with Crippen molar-refractivity contribution in [3.8, 4) is 0 Å². The topological polar surface area (TPSA) is 20.2 Å². The highest BCUT2D eigenvalue weighted by Crippen LogP contribution is 2.31. The smallest absolute Gasteiger partial charge is 0.0436 e. The van der Waals surface area contributed by atoms with Gasteiger partial charge in [-0.1, -0.05) is 12.2 Å². The van der Waals surface area contributed by atoms with E-state index >= 15 is 0 Å². The van der Waals surface area contributed by atoms with Gasteiger partial charge in [0.15, 0.2) is 0 Å². The summed E-state index contributed by atoms with van der Waals surface area (Å²) in [5.41, 5.74) is 1.35. The van der Waals surface area contributed by atoms with Gasteiger partial charge in [0, 0.05) is 6.61 Å². The van der Waals surface area contributed by atoms with Crippen molar-refractivity contribution < 1.29 is 5.11 Å². The van der Waals surface area contributed by atoms with Crippen LogP contribution in [0.25, 0.3) is 0 Å². The molecule has 0 saturated heterocycles. The zero-order chi connectivity index (χ0) is 6.69. The lowest BCUT2D eigenvalue weighted by molar-refractivity contribution is 0.268. The number of hydrogen-bond donors (Lipinski definition) is 1. The molecule has 1 fully saturated rings. The summed E-state index contributed by atoms with van der Waals surface area (Å²) in [5.74, 6) is 0.634. The number of aliphatic hydroxyl groups excluding tert-OH is 1. The van der Waals surface area contributed by atoms with Gasteiger partial charge in [-0.2, -0.15) is 0 Å². The Kier molecular flexibility index (Phi) is 2.29. The second-order valence-electron chi connectivity index (χ2n) is 2.76. The lowest BCUT2D eigenvalue weighted by Crippen LogP contribution is -1.98. The van der Waals surface area contributed by atoms with Crippen molar-refractivity contribution in [2.75, 3.05) is 6.61 Å². The highest BCUT2D eigenvalue weighted by atomic mass is 16.3. The van der Waals surface area contributed by atoms with Crippen LogP contribution in [0.3, 0.4) is 0 Å². The van der Waals surface area contributed by atoms with Gasteiger partial charge < -0.3 is 5.11 Å². The Labute approximate surface area is 56.4 Å². The Morgan fingerprint density at radius 1 is 1.67 bits per heavy atom. The van der Waals surface area contributed by atoms with Crippen molar-refractivity contribution in [1.29, 1.82) is 0 Å². The van der Waals surface area contributed by atoms with E-state index in [4.69, 9.17) is 5.11 Å². The molecular formula is C8H14O. The molecule has 0 aromatic heterocycles. The van der Waals surface area contributed by atoms with Crippen molar-refractivity contribution in [3.05, 3.63) is 12.2 Å². The molecule has 52 valence electrons. The van der Waals surface area contributed by atoms with E-state index in [9.17, 15) is 0 Å². The molecule has 1 saturated carbocycles. The largest absolute Gasteiger partial charge is 0.396 e. The van der Waals surface area contributed by atoms with E-state index in [1.807, 2.05) is 0 Å². The summed E-state index contributed by atoms with van der Waals surface area (Å²) in [7, 11) is 0. The van der Waals surface area contributed by atoms with Crippen molar-refractivity contribution in [2.24, 2.45) is 5.92 Å². The Morgan fingerprint density at radius 2 is 2.44 bits per heavy atom. The van der Waals surface area contributed by atoms with Gasteiger partial charge >= 0.3 is 0 Å². The molecule has 1 N–H and O–H groups in total. The Hall–Kier alpha value is -0.300. The third-order valence-electron chi connectivity index (χ3n) is 2.11. The van der Waals surface area contributed by atoms with E-state index in [2.05, 4.69) is 6.58 Å². The summed E-state index contributed by atoms with van der Waals surface area (Å²) in [6.45, 7) is 4.27. The van der Waals surface area contributed by atoms with Crippen molar-refractivity contribution in [1.82, 2.24) is 0 Å². The monoisotopic (exact) mass is 126 g/mol. The van der Waals surface area contributed by atoms with Crippen LogP contribution < -0.4 is 0 Å². The first kappa shape index (κ1) is 6.81. The van der Waals surface area contributed by atoms with E-state index < -0.39 is 0 Å². The molecule has 0 spiro atoms. The fourth-order valence-electron chi connectivity index (χ4n) is 1.49. The highest BCUT2D eigenvalue weighted by Gasteiger charge is 2.17. The minimum atomic E-state index is 0.323. The predicted octanol–water partition coefficient (Wildman–Crippen LogP) is 1.73. The number of hydrogen-bond acceptors (Lipinski definition) is 1. The molecule has 1 aliphatic carbocycles. The fraction of sp³-hybridized carbons (Fsp3) is 0.750. The second kappa shape index (κ2) is 3.02. The van der Waals surface area contributed by atoms with Crippen molar-refractivity contribution in [3.63, 3.8) is 0 Å². The predicted molar refractivity (Wildman–Crippen MR) is 38.2 cm³/mol. The molecule has 9 heavy (non-hydrogen) atoms. The summed E-state index contributed by atoms with van der Waals surface area (Å²) in [5, 5.41) is 8.60. The lowest BCUT2D eigenvalue weighted by atomic mass is 10.0. The van der Waals surface area contributed by atoms with Gasteiger partial charge in [-0.05, 0) is 31.6 Å². The molecule has 0 heterocycles. The first-order chi connectivity index (χ1) is 4.34. The maximum absolute atomic E-state index is 8.60. The molecule has 0 aromatic carbocycles. The van der Waals surface area contributed by atoms with Crippen molar-refractivity contribution in [2.45, 2.75) is 25.7 Å². The summed E-state index contributed by atoms with van der Waals surface area (Å²) >= 11 is 0. The molecule has 0 aliphatic heterocycles. The molecule has 0 radical (unpaired) electrons.